The van der Waals surface area contributed by atoms with Crippen LogP contribution in [0.1, 0.15) is 10.4 Å². The Hall–Kier alpha value is -3.40. The molecule has 6 nitrogen and oxygen atoms in total. The van der Waals surface area contributed by atoms with Crippen LogP contribution in [-0.4, -0.2) is 24.8 Å². The number of anilines is 1. The number of halogens is 3. The molecule has 0 radical (unpaired) electrons. The van der Waals surface area contributed by atoms with Gasteiger partial charge in [0.25, 0.3) is 5.91 Å². The number of alkyl halides is 3. The van der Waals surface area contributed by atoms with Crippen molar-refractivity contribution in [3.63, 3.8) is 0 Å². The van der Waals surface area contributed by atoms with E-state index in [0.29, 0.717) is 5.75 Å². The van der Waals surface area contributed by atoms with Gasteiger partial charge in [0, 0.05) is 18.0 Å². The van der Waals surface area contributed by atoms with Crippen molar-refractivity contribution in [2.24, 2.45) is 0 Å². The number of pyridine rings is 1. The second kappa shape index (κ2) is 7.92. The molecule has 0 saturated carbocycles. The average Bonchev–Trinajstić information content (AvgIpc) is 2.69. The smallest absolute Gasteiger partial charge is 0.457 e. The molecule has 10 heteroatoms. The zero-order valence-electron chi connectivity index (χ0n) is 14.6. The van der Waals surface area contributed by atoms with Crippen molar-refractivity contribution in [3.8, 4) is 11.5 Å². The summed E-state index contributed by atoms with van der Waals surface area (Å²) in [7, 11) is -5.98. The Kier molecular flexibility index (Phi) is 5.55. The molecule has 29 heavy (non-hydrogen) atoms. The summed E-state index contributed by atoms with van der Waals surface area (Å²) in [4.78, 5) is 16.7. The number of para-hydroxylation sites is 1. The maximum atomic E-state index is 13.2. The van der Waals surface area contributed by atoms with E-state index in [1.165, 1.54) is 48.8 Å². The van der Waals surface area contributed by atoms with Gasteiger partial charge in [-0.15, -0.1) is 0 Å². The van der Waals surface area contributed by atoms with Crippen LogP contribution in [0.25, 0.3) is 0 Å². The van der Waals surface area contributed by atoms with Crippen molar-refractivity contribution in [2.45, 2.75) is 5.51 Å². The highest BCUT2D eigenvalue weighted by molar-refractivity contribution is 7.94. The fourth-order valence-corrected chi connectivity index (χ4v) is 3.31. The van der Waals surface area contributed by atoms with Crippen molar-refractivity contribution < 1.29 is 31.1 Å². The fraction of sp³-hybridized carbons (Fsp3) is 0.0526. The van der Waals surface area contributed by atoms with Gasteiger partial charge >= 0.3 is 15.5 Å². The molecule has 0 saturated heterocycles. The predicted molar refractivity (Wildman–Crippen MR) is 99.0 cm³/mol. The first-order valence-electron chi connectivity index (χ1n) is 8.09. The van der Waals surface area contributed by atoms with Crippen LogP contribution in [0.2, 0.25) is 0 Å². The molecule has 0 fully saturated rings. The van der Waals surface area contributed by atoms with E-state index in [0.717, 1.165) is 18.2 Å². The summed E-state index contributed by atoms with van der Waals surface area (Å²) in [6, 6.07) is 14.6. The molecule has 0 N–H and O–H groups in total. The topological polar surface area (TPSA) is 76.6 Å². The second-order valence-electron chi connectivity index (χ2n) is 5.67. The van der Waals surface area contributed by atoms with Crippen molar-refractivity contribution in [2.75, 3.05) is 4.31 Å². The third-order valence-electron chi connectivity index (χ3n) is 3.67. The number of aromatic nitrogens is 1. The molecule has 0 aliphatic heterocycles. The van der Waals surface area contributed by atoms with E-state index in [1.807, 2.05) is 0 Å². The number of hydrogen-bond donors (Lipinski definition) is 0. The maximum Gasteiger partial charge on any atom is 0.517 e. The van der Waals surface area contributed by atoms with Gasteiger partial charge in [0.2, 0.25) is 0 Å². The Morgan fingerprint density at radius 2 is 1.55 bits per heavy atom. The predicted octanol–water partition coefficient (Wildman–Crippen LogP) is 4.37. The summed E-state index contributed by atoms with van der Waals surface area (Å²) >= 11 is 0. The molecule has 0 aliphatic carbocycles. The highest BCUT2D eigenvalue weighted by Crippen LogP contribution is 2.32. The standard InChI is InChI=1S/C19H13F3N2O4S/c20-19(21,22)29(26,27)24(15-6-2-1-3-7-15)18(25)14-5-4-8-17(13-14)28-16-9-11-23-12-10-16/h1-13H. The zero-order valence-corrected chi connectivity index (χ0v) is 15.4. The van der Waals surface area contributed by atoms with Crippen LogP contribution < -0.4 is 9.04 Å². The molecule has 3 aromatic rings. The number of ether oxygens (including phenoxy) is 1. The number of carbonyl (C=O) groups is 1. The van der Waals surface area contributed by atoms with Crippen LogP contribution in [0.3, 0.4) is 0 Å². The Labute approximate surface area is 164 Å². The molecule has 1 aromatic heterocycles. The van der Waals surface area contributed by atoms with Crippen molar-refractivity contribution >= 4 is 21.6 Å². The van der Waals surface area contributed by atoms with Crippen LogP contribution in [0.15, 0.2) is 79.1 Å². The van der Waals surface area contributed by atoms with Gasteiger partial charge in [-0.1, -0.05) is 24.3 Å². The van der Waals surface area contributed by atoms with E-state index in [4.69, 9.17) is 4.74 Å². The Morgan fingerprint density at radius 1 is 0.897 bits per heavy atom. The van der Waals surface area contributed by atoms with Gasteiger partial charge in [-0.3, -0.25) is 9.78 Å². The molecular weight excluding hydrogens is 409 g/mol. The molecule has 2 aromatic carbocycles. The first-order valence-corrected chi connectivity index (χ1v) is 9.53. The summed E-state index contributed by atoms with van der Waals surface area (Å²) in [5.41, 5.74) is -6.40. The summed E-state index contributed by atoms with van der Waals surface area (Å²) < 4.78 is 69.0. The molecule has 0 aliphatic rings. The average molecular weight is 422 g/mol. The monoisotopic (exact) mass is 422 g/mol. The molecule has 1 amide bonds. The Bertz CT molecular complexity index is 1110. The third-order valence-corrected chi connectivity index (χ3v) is 5.12. The third kappa shape index (κ3) is 4.37. The highest BCUT2D eigenvalue weighted by Gasteiger charge is 2.52. The van der Waals surface area contributed by atoms with Gasteiger partial charge in [-0.2, -0.15) is 25.9 Å². The van der Waals surface area contributed by atoms with E-state index in [1.54, 1.807) is 12.1 Å². The second-order valence-corrected chi connectivity index (χ2v) is 7.45. The minimum absolute atomic E-state index is 0.138. The maximum absolute atomic E-state index is 13.2. The number of amides is 1. The summed E-state index contributed by atoms with van der Waals surface area (Å²) in [6.45, 7) is 0. The molecule has 3 rings (SSSR count). The number of hydrogen-bond acceptors (Lipinski definition) is 5. The highest BCUT2D eigenvalue weighted by atomic mass is 32.2. The van der Waals surface area contributed by atoms with Gasteiger partial charge in [-0.25, -0.2) is 0 Å². The summed E-state index contributed by atoms with van der Waals surface area (Å²) in [5, 5.41) is 0. The van der Waals surface area contributed by atoms with Gasteiger partial charge in [-0.05, 0) is 42.5 Å². The van der Waals surface area contributed by atoms with E-state index in [-0.39, 0.29) is 15.6 Å². The zero-order chi connectivity index (χ0) is 21.1. The van der Waals surface area contributed by atoms with Crippen LogP contribution >= 0.6 is 0 Å². The molecule has 0 unspecified atom stereocenters. The van der Waals surface area contributed by atoms with Gasteiger partial charge in [0.15, 0.2) is 0 Å². The van der Waals surface area contributed by atoms with Gasteiger partial charge in [0.05, 0.1) is 5.69 Å². The Morgan fingerprint density at radius 3 is 2.17 bits per heavy atom. The van der Waals surface area contributed by atoms with Crippen LogP contribution in [0.5, 0.6) is 11.5 Å². The number of carbonyl (C=O) groups excluding carboxylic acids is 1. The first-order chi connectivity index (χ1) is 13.7. The molecule has 0 atom stereocenters. The Balaban J connectivity index is 2.02. The quantitative estimate of drug-likeness (QED) is 0.610. The molecule has 150 valence electrons. The normalized spacial score (nSPS) is 11.7. The van der Waals surface area contributed by atoms with Crippen LogP contribution in [0.4, 0.5) is 18.9 Å². The molecular formula is C19H13F3N2O4S. The summed E-state index contributed by atoms with van der Waals surface area (Å²) in [5.74, 6) is -0.847. The minimum Gasteiger partial charge on any atom is -0.457 e. The van der Waals surface area contributed by atoms with Crippen molar-refractivity contribution in [1.82, 2.24) is 4.98 Å². The molecule has 1 heterocycles. The van der Waals surface area contributed by atoms with Crippen molar-refractivity contribution in [1.29, 1.82) is 0 Å². The lowest BCUT2D eigenvalue weighted by molar-refractivity contribution is -0.0437. The molecule has 0 bridgehead atoms. The number of nitrogens with zero attached hydrogens (tertiary/aromatic N) is 2. The van der Waals surface area contributed by atoms with Gasteiger partial charge in [0.1, 0.15) is 11.5 Å². The van der Waals surface area contributed by atoms with Crippen molar-refractivity contribution in [3.05, 3.63) is 84.7 Å². The largest absolute Gasteiger partial charge is 0.517 e. The molecule has 0 spiro atoms. The summed E-state index contributed by atoms with van der Waals surface area (Å²) in [6.07, 6.45) is 2.94. The van der Waals surface area contributed by atoms with E-state index in [2.05, 4.69) is 4.98 Å². The van der Waals surface area contributed by atoms with Crippen LogP contribution in [-0.2, 0) is 10.0 Å². The minimum atomic E-state index is -5.98. The first kappa shape index (κ1) is 20.3. The number of sulfonamides is 1. The number of rotatable bonds is 5. The van der Waals surface area contributed by atoms with Gasteiger partial charge < -0.3 is 4.74 Å². The lowest BCUT2D eigenvalue weighted by atomic mass is 10.2. The lowest BCUT2D eigenvalue weighted by Gasteiger charge is -2.23. The van der Waals surface area contributed by atoms with E-state index >= 15 is 0 Å². The SMILES string of the molecule is O=C(c1cccc(Oc2ccncc2)c1)N(c1ccccc1)S(=O)(=O)C(F)(F)F. The number of benzene rings is 2. The van der Waals surface area contributed by atoms with Crippen LogP contribution in [0, 0.1) is 0 Å². The lowest BCUT2D eigenvalue weighted by Crippen LogP contribution is -2.44. The van der Waals surface area contributed by atoms with E-state index < -0.39 is 27.1 Å². The van der Waals surface area contributed by atoms with E-state index in [9.17, 15) is 26.4 Å². The fourth-order valence-electron chi connectivity index (χ4n) is 2.38.